The number of anilines is 1. The molecule has 0 aliphatic rings. The van der Waals surface area contributed by atoms with E-state index in [1.54, 1.807) is 37.3 Å². The lowest BCUT2D eigenvalue weighted by Crippen LogP contribution is -2.56. The molecule has 242 valence electrons. The Morgan fingerprint density at radius 2 is 1.46 bits per heavy atom. The first-order valence-electron chi connectivity index (χ1n) is 15.2. The van der Waals surface area contributed by atoms with Crippen molar-refractivity contribution in [3.05, 3.63) is 130 Å². The largest absolute Gasteiger partial charge is 0.350 e. The van der Waals surface area contributed by atoms with Gasteiger partial charge in [0.25, 0.3) is 10.0 Å². The summed E-state index contributed by atoms with van der Waals surface area (Å²) in [5.74, 6) is -0.856. The molecule has 4 aromatic rings. The number of nitrogens with zero attached hydrogens (tertiary/aromatic N) is 2. The highest BCUT2D eigenvalue weighted by molar-refractivity contribution is 7.92. The van der Waals surface area contributed by atoms with Gasteiger partial charge in [-0.15, -0.1) is 0 Å². The third-order valence-electron chi connectivity index (χ3n) is 7.53. The Hall–Kier alpha value is -4.14. The molecule has 0 bridgehead atoms. The molecular formula is C37H42ClN3O4S. The maximum atomic E-state index is 14.7. The Kier molecular flexibility index (Phi) is 11.0. The predicted octanol–water partition coefficient (Wildman–Crippen LogP) is 7.02. The number of carbonyl (C=O) groups is 2. The molecule has 4 aromatic carbocycles. The molecule has 0 radical (unpaired) electrons. The van der Waals surface area contributed by atoms with Crippen LogP contribution in [0.15, 0.2) is 102 Å². The SMILES string of the molecule is Cc1ccc(S(=O)(=O)N(CC(=O)N(Cc2cccc(C)c2)[C@H](Cc2ccccc2)C(=O)NC(C)(C)C)c2cc(Cl)ccc2C)cc1. The summed E-state index contributed by atoms with van der Waals surface area (Å²) in [6.45, 7) is 10.8. The molecule has 0 unspecified atom stereocenters. The Bertz CT molecular complexity index is 1790. The Labute approximate surface area is 278 Å². The third kappa shape index (κ3) is 8.98. The average Bonchev–Trinajstić information content (AvgIpc) is 2.98. The molecule has 7 nitrogen and oxygen atoms in total. The van der Waals surface area contributed by atoms with E-state index in [0.717, 1.165) is 26.6 Å². The highest BCUT2D eigenvalue weighted by Gasteiger charge is 2.36. The summed E-state index contributed by atoms with van der Waals surface area (Å²) in [4.78, 5) is 30.2. The summed E-state index contributed by atoms with van der Waals surface area (Å²) >= 11 is 6.37. The van der Waals surface area contributed by atoms with Crippen molar-refractivity contribution >= 4 is 39.1 Å². The topological polar surface area (TPSA) is 86.8 Å². The lowest BCUT2D eigenvalue weighted by molar-refractivity contribution is -0.140. The summed E-state index contributed by atoms with van der Waals surface area (Å²) in [6.07, 6.45) is 0.237. The molecule has 1 atom stereocenters. The van der Waals surface area contributed by atoms with Crippen molar-refractivity contribution in [2.24, 2.45) is 0 Å². The van der Waals surface area contributed by atoms with Crippen molar-refractivity contribution in [3.63, 3.8) is 0 Å². The van der Waals surface area contributed by atoms with E-state index in [-0.39, 0.29) is 29.5 Å². The highest BCUT2D eigenvalue weighted by atomic mass is 35.5. The van der Waals surface area contributed by atoms with E-state index in [9.17, 15) is 18.0 Å². The van der Waals surface area contributed by atoms with Crippen molar-refractivity contribution in [2.45, 2.75) is 71.0 Å². The number of rotatable bonds is 11. The Balaban J connectivity index is 1.85. The maximum absolute atomic E-state index is 14.7. The molecule has 0 fully saturated rings. The fourth-order valence-corrected chi connectivity index (χ4v) is 6.85. The molecule has 46 heavy (non-hydrogen) atoms. The number of amides is 2. The molecule has 4 rings (SSSR count). The molecule has 1 N–H and O–H groups in total. The normalized spacial score (nSPS) is 12.3. The first-order valence-corrected chi connectivity index (χ1v) is 17.0. The Morgan fingerprint density at radius 1 is 0.804 bits per heavy atom. The van der Waals surface area contributed by atoms with Crippen LogP contribution < -0.4 is 9.62 Å². The fourth-order valence-electron chi connectivity index (χ4n) is 5.22. The van der Waals surface area contributed by atoms with Gasteiger partial charge in [-0.25, -0.2) is 8.42 Å². The van der Waals surface area contributed by atoms with Crippen LogP contribution in [-0.4, -0.2) is 43.3 Å². The molecule has 0 aliphatic heterocycles. The van der Waals surface area contributed by atoms with Crippen LogP contribution in [0.2, 0.25) is 5.02 Å². The van der Waals surface area contributed by atoms with Gasteiger partial charge in [0, 0.05) is 23.5 Å². The van der Waals surface area contributed by atoms with E-state index < -0.39 is 34.1 Å². The van der Waals surface area contributed by atoms with Crippen LogP contribution >= 0.6 is 11.6 Å². The van der Waals surface area contributed by atoms with Crippen molar-refractivity contribution in [1.82, 2.24) is 10.2 Å². The summed E-state index contributed by atoms with van der Waals surface area (Å²) in [7, 11) is -4.23. The number of carbonyl (C=O) groups excluding carboxylic acids is 2. The number of hydrogen-bond acceptors (Lipinski definition) is 4. The zero-order valence-corrected chi connectivity index (χ0v) is 28.8. The molecule has 0 aliphatic carbocycles. The smallest absolute Gasteiger partial charge is 0.264 e. The summed E-state index contributed by atoms with van der Waals surface area (Å²) in [5.41, 5.74) is 3.94. The van der Waals surface area contributed by atoms with Crippen LogP contribution in [0.5, 0.6) is 0 Å². The van der Waals surface area contributed by atoms with Crippen LogP contribution in [0.3, 0.4) is 0 Å². The van der Waals surface area contributed by atoms with Gasteiger partial charge in [0.1, 0.15) is 12.6 Å². The zero-order chi connectivity index (χ0) is 33.6. The van der Waals surface area contributed by atoms with Gasteiger partial charge in [0.15, 0.2) is 0 Å². The van der Waals surface area contributed by atoms with Crippen LogP contribution in [0.4, 0.5) is 5.69 Å². The first kappa shape index (κ1) is 34.7. The molecule has 0 spiro atoms. The van der Waals surface area contributed by atoms with Gasteiger partial charge in [-0.05, 0) is 82.5 Å². The number of nitrogens with one attached hydrogen (secondary N) is 1. The lowest BCUT2D eigenvalue weighted by Gasteiger charge is -2.35. The predicted molar refractivity (Wildman–Crippen MR) is 185 cm³/mol. The lowest BCUT2D eigenvalue weighted by atomic mass is 10.0. The standard InChI is InChI=1S/C37H42ClN3O4S/c1-26-15-19-32(20-16-26)46(44,45)41(33-23-31(38)18-17-28(33)3)25-35(42)40(24-30-14-10-11-27(2)21-30)34(36(43)39-37(4,5)6)22-29-12-8-7-9-13-29/h7-21,23,34H,22,24-25H2,1-6H3,(H,39,43)/t34-/m1/s1. The molecule has 0 aromatic heterocycles. The summed E-state index contributed by atoms with van der Waals surface area (Å²) in [5, 5.41) is 3.39. The fraction of sp³-hybridized carbons (Fsp3) is 0.297. The minimum absolute atomic E-state index is 0.0434. The second-order valence-electron chi connectivity index (χ2n) is 12.7. The zero-order valence-electron chi connectivity index (χ0n) is 27.2. The number of hydrogen-bond donors (Lipinski definition) is 1. The van der Waals surface area contributed by atoms with Crippen molar-refractivity contribution in [3.8, 4) is 0 Å². The Morgan fingerprint density at radius 3 is 2.09 bits per heavy atom. The van der Waals surface area contributed by atoms with Gasteiger partial charge < -0.3 is 10.2 Å². The van der Waals surface area contributed by atoms with E-state index in [2.05, 4.69) is 5.32 Å². The molecule has 0 saturated carbocycles. The highest BCUT2D eigenvalue weighted by Crippen LogP contribution is 2.30. The van der Waals surface area contributed by atoms with Gasteiger partial charge in [-0.1, -0.05) is 95.5 Å². The van der Waals surface area contributed by atoms with Crippen LogP contribution in [-0.2, 0) is 32.6 Å². The summed E-state index contributed by atoms with van der Waals surface area (Å²) < 4.78 is 29.7. The first-order chi connectivity index (χ1) is 21.6. The average molecular weight is 660 g/mol. The van der Waals surface area contributed by atoms with Crippen molar-refractivity contribution in [2.75, 3.05) is 10.8 Å². The van der Waals surface area contributed by atoms with Gasteiger partial charge in [0.2, 0.25) is 11.8 Å². The minimum Gasteiger partial charge on any atom is -0.350 e. The van der Waals surface area contributed by atoms with Crippen LogP contribution in [0.25, 0.3) is 0 Å². The van der Waals surface area contributed by atoms with E-state index >= 15 is 0 Å². The van der Waals surface area contributed by atoms with Crippen LogP contribution in [0, 0.1) is 20.8 Å². The number of halogens is 1. The van der Waals surface area contributed by atoms with Gasteiger partial charge in [-0.3, -0.25) is 13.9 Å². The third-order valence-corrected chi connectivity index (χ3v) is 9.54. The molecule has 9 heteroatoms. The molecular weight excluding hydrogens is 618 g/mol. The monoisotopic (exact) mass is 659 g/mol. The van der Waals surface area contributed by atoms with E-state index in [4.69, 9.17) is 11.6 Å². The molecule has 2 amide bonds. The van der Waals surface area contributed by atoms with Crippen molar-refractivity contribution < 1.29 is 18.0 Å². The summed E-state index contributed by atoms with van der Waals surface area (Å²) in [6, 6.07) is 27.7. The minimum atomic E-state index is -4.23. The van der Waals surface area contributed by atoms with Crippen molar-refractivity contribution in [1.29, 1.82) is 0 Å². The van der Waals surface area contributed by atoms with Gasteiger partial charge in [-0.2, -0.15) is 0 Å². The van der Waals surface area contributed by atoms with Gasteiger partial charge in [0.05, 0.1) is 10.6 Å². The maximum Gasteiger partial charge on any atom is 0.264 e. The van der Waals surface area contributed by atoms with E-state index in [0.29, 0.717) is 10.6 Å². The van der Waals surface area contributed by atoms with E-state index in [1.165, 1.54) is 17.0 Å². The second kappa shape index (κ2) is 14.5. The van der Waals surface area contributed by atoms with Gasteiger partial charge >= 0.3 is 0 Å². The number of benzene rings is 4. The molecule has 0 heterocycles. The van der Waals surface area contributed by atoms with E-state index in [1.807, 2.05) is 89.2 Å². The number of sulfonamides is 1. The molecule has 0 saturated heterocycles. The number of aryl methyl sites for hydroxylation is 3. The van der Waals surface area contributed by atoms with Crippen LogP contribution in [0.1, 0.15) is 48.6 Å². The second-order valence-corrected chi connectivity index (χ2v) is 15.0. The quantitative estimate of drug-likeness (QED) is 0.188.